The Kier molecular flexibility index (Phi) is 6.01. The van der Waals surface area contributed by atoms with Crippen LogP contribution in [0.15, 0.2) is 24.3 Å². The highest BCUT2D eigenvalue weighted by Gasteiger charge is 2.26. The lowest BCUT2D eigenvalue weighted by molar-refractivity contribution is -0.136. The van der Waals surface area contributed by atoms with Crippen LogP contribution in [0.3, 0.4) is 0 Å². The van der Waals surface area contributed by atoms with Crippen LogP contribution in [-0.4, -0.2) is 45.0 Å². The summed E-state index contributed by atoms with van der Waals surface area (Å²) in [6.45, 7) is 0.620. The van der Waals surface area contributed by atoms with Crippen LogP contribution in [0.25, 0.3) is 0 Å². The molecule has 0 spiro atoms. The number of hydrogen-bond donors (Lipinski definition) is 1. The van der Waals surface area contributed by atoms with Crippen LogP contribution in [-0.2, 0) is 26.0 Å². The van der Waals surface area contributed by atoms with Gasteiger partial charge in [0.2, 0.25) is 10.0 Å². The third-order valence-electron chi connectivity index (χ3n) is 3.99. The van der Waals surface area contributed by atoms with Crippen LogP contribution < -0.4 is 4.31 Å². The molecular weight excluding hydrogens is 318 g/mol. The second-order valence-corrected chi connectivity index (χ2v) is 7.84. The highest BCUT2D eigenvalue weighted by Crippen LogP contribution is 2.22. The average molecular weight is 341 g/mol. The summed E-state index contributed by atoms with van der Waals surface area (Å²) in [6.07, 6.45) is 2.91. The molecule has 2 rings (SSSR count). The van der Waals surface area contributed by atoms with Gasteiger partial charge in [-0.25, -0.2) is 8.42 Å². The first-order valence-electron chi connectivity index (χ1n) is 7.77. The van der Waals surface area contributed by atoms with Crippen molar-refractivity contribution >= 4 is 21.7 Å². The first kappa shape index (κ1) is 17.7. The number of aliphatic carboxylic acids is 1. The Bertz CT molecular complexity index is 638. The number of sulfonamides is 1. The van der Waals surface area contributed by atoms with Crippen LogP contribution >= 0.6 is 0 Å². The van der Waals surface area contributed by atoms with E-state index in [1.54, 1.807) is 24.3 Å². The van der Waals surface area contributed by atoms with Gasteiger partial charge in [0.05, 0.1) is 17.5 Å². The van der Waals surface area contributed by atoms with E-state index >= 15 is 0 Å². The summed E-state index contributed by atoms with van der Waals surface area (Å²) in [5.41, 5.74) is 1.35. The minimum absolute atomic E-state index is 0.0236. The largest absolute Gasteiger partial charge is 0.481 e. The van der Waals surface area contributed by atoms with Gasteiger partial charge in [-0.1, -0.05) is 12.1 Å². The molecule has 6 nitrogen and oxygen atoms in total. The van der Waals surface area contributed by atoms with Gasteiger partial charge in [0, 0.05) is 20.1 Å². The second kappa shape index (κ2) is 7.79. The molecule has 1 heterocycles. The molecule has 1 unspecified atom stereocenters. The van der Waals surface area contributed by atoms with Gasteiger partial charge in [-0.3, -0.25) is 9.10 Å². The number of aryl methyl sites for hydroxylation is 1. The molecule has 0 bridgehead atoms. The van der Waals surface area contributed by atoms with E-state index in [1.807, 2.05) is 0 Å². The van der Waals surface area contributed by atoms with Crippen molar-refractivity contribution in [3.63, 3.8) is 0 Å². The summed E-state index contributed by atoms with van der Waals surface area (Å²) in [5, 5.41) is 8.74. The molecule has 1 aromatic carbocycles. The minimum Gasteiger partial charge on any atom is -0.481 e. The van der Waals surface area contributed by atoms with E-state index in [2.05, 4.69) is 0 Å². The molecule has 1 aromatic rings. The molecule has 0 aromatic heterocycles. The van der Waals surface area contributed by atoms with Gasteiger partial charge in [-0.15, -0.1) is 0 Å². The number of ether oxygens (including phenoxy) is 1. The molecule has 23 heavy (non-hydrogen) atoms. The van der Waals surface area contributed by atoms with Crippen molar-refractivity contribution in [1.29, 1.82) is 0 Å². The van der Waals surface area contributed by atoms with Gasteiger partial charge in [0.1, 0.15) is 0 Å². The van der Waals surface area contributed by atoms with Crippen molar-refractivity contribution < 1.29 is 23.1 Å². The molecule has 0 radical (unpaired) electrons. The zero-order valence-corrected chi connectivity index (χ0v) is 14.1. The maximum atomic E-state index is 12.5. The maximum Gasteiger partial charge on any atom is 0.303 e. The lowest BCUT2D eigenvalue weighted by Crippen LogP contribution is -2.36. The highest BCUT2D eigenvalue weighted by molar-refractivity contribution is 7.92. The zero-order valence-electron chi connectivity index (χ0n) is 13.3. The fourth-order valence-corrected chi connectivity index (χ4v) is 4.00. The Morgan fingerprint density at radius 2 is 2.17 bits per heavy atom. The van der Waals surface area contributed by atoms with Crippen LogP contribution in [0.5, 0.6) is 0 Å². The van der Waals surface area contributed by atoms with Gasteiger partial charge in [0.15, 0.2) is 0 Å². The zero-order chi connectivity index (χ0) is 16.9. The summed E-state index contributed by atoms with van der Waals surface area (Å²) >= 11 is 0. The Morgan fingerprint density at radius 3 is 2.83 bits per heavy atom. The van der Waals surface area contributed by atoms with Crippen molar-refractivity contribution in [3.05, 3.63) is 29.8 Å². The van der Waals surface area contributed by atoms with Crippen molar-refractivity contribution in [2.75, 3.05) is 23.7 Å². The molecule has 1 aliphatic heterocycles. The van der Waals surface area contributed by atoms with Crippen molar-refractivity contribution in [2.45, 2.75) is 38.2 Å². The molecule has 0 amide bonds. The van der Waals surface area contributed by atoms with Gasteiger partial charge < -0.3 is 9.84 Å². The third-order valence-corrected chi connectivity index (χ3v) is 5.83. The number of hydrogen-bond acceptors (Lipinski definition) is 4. The van der Waals surface area contributed by atoms with E-state index in [-0.39, 0.29) is 18.3 Å². The van der Waals surface area contributed by atoms with Crippen LogP contribution in [0.1, 0.15) is 31.2 Å². The van der Waals surface area contributed by atoms with E-state index in [4.69, 9.17) is 9.84 Å². The number of benzene rings is 1. The van der Waals surface area contributed by atoms with Gasteiger partial charge in [-0.05, 0) is 43.4 Å². The summed E-state index contributed by atoms with van der Waals surface area (Å²) in [5.74, 6) is -0.895. The molecule has 1 atom stereocenters. The summed E-state index contributed by atoms with van der Waals surface area (Å²) in [4.78, 5) is 10.7. The number of rotatable bonds is 7. The van der Waals surface area contributed by atoms with E-state index in [0.29, 0.717) is 18.7 Å². The molecule has 1 saturated heterocycles. The summed E-state index contributed by atoms with van der Waals surface area (Å²) in [6, 6.07) is 6.98. The number of nitrogens with zero attached hydrogens (tertiary/aromatic N) is 1. The normalized spacial score (nSPS) is 18.6. The Morgan fingerprint density at radius 1 is 1.39 bits per heavy atom. The smallest absolute Gasteiger partial charge is 0.303 e. The molecule has 128 valence electrons. The lowest BCUT2D eigenvalue weighted by Gasteiger charge is -2.26. The van der Waals surface area contributed by atoms with Gasteiger partial charge in [-0.2, -0.15) is 0 Å². The van der Waals surface area contributed by atoms with Gasteiger partial charge >= 0.3 is 5.97 Å². The first-order chi connectivity index (χ1) is 10.9. The summed E-state index contributed by atoms with van der Waals surface area (Å²) < 4.78 is 31.8. The predicted molar refractivity (Wildman–Crippen MR) is 88.2 cm³/mol. The first-order valence-corrected chi connectivity index (χ1v) is 9.38. The third kappa shape index (κ3) is 5.21. The van der Waals surface area contributed by atoms with Gasteiger partial charge in [0.25, 0.3) is 0 Å². The SMILES string of the molecule is CN(c1cccc(CCC(=O)O)c1)S(=O)(=O)CC1CCCCO1. The topological polar surface area (TPSA) is 83.9 Å². The quantitative estimate of drug-likeness (QED) is 0.820. The Balaban J connectivity index is 2.06. The fourth-order valence-electron chi connectivity index (χ4n) is 2.61. The molecule has 0 saturated carbocycles. The second-order valence-electron chi connectivity index (χ2n) is 5.80. The van der Waals surface area contributed by atoms with Crippen LogP contribution in [0.4, 0.5) is 5.69 Å². The van der Waals surface area contributed by atoms with E-state index < -0.39 is 16.0 Å². The lowest BCUT2D eigenvalue weighted by atomic mass is 10.1. The fraction of sp³-hybridized carbons (Fsp3) is 0.562. The van der Waals surface area contributed by atoms with Crippen LogP contribution in [0, 0.1) is 0 Å². The number of carbonyl (C=O) groups is 1. The van der Waals surface area contributed by atoms with E-state index in [0.717, 1.165) is 24.8 Å². The Labute approximate surface area is 137 Å². The standard InChI is InChI=1S/C16H23NO5S/c1-17(23(20,21)12-15-7-2-3-10-22-15)14-6-4-5-13(11-14)8-9-16(18)19/h4-6,11,15H,2-3,7-10,12H2,1H3,(H,18,19). The van der Waals surface area contributed by atoms with Crippen molar-refractivity contribution in [3.8, 4) is 0 Å². The number of carboxylic acid groups (broad SMARTS) is 1. The van der Waals surface area contributed by atoms with E-state index in [1.165, 1.54) is 11.4 Å². The molecule has 1 aliphatic rings. The Hall–Kier alpha value is -1.60. The molecule has 0 aliphatic carbocycles. The summed E-state index contributed by atoms with van der Waals surface area (Å²) in [7, 11) is -1.95. The maximum absolute atomic E-state index is 12.5. The molecule has 1 fully saturated rings. The molecule has 1 N–H and O–H groups in total. The predicted octanol–water partition coefficient (Wildman–Crippen LogP) is 2.04. The minimum atomic E-state index is -3.47. The van der Waals surface area contributed by atoms with Crippen molar-refractivity contribution in [2.24, 2.45) is 0 Å². The van der Waals surface area contributed by atoms with Crippen LogP contribution in [0.2, 0.25) is 0 Å². The molecular formula is C16H23NO5S. The van der Waals surface area contributed by atoms with Crippen molar-refractivity contribution in [1.82, 2.24) is 0 Å². The molecule has 7 heteroatoms. The number of carboxylic acids is 1. The monoisotopic (exact) mass is 341 g/mol. The number of anilines is 1. The average Bonchev–Trinajstić information content (AvgIpc) is 2.53. The van der Waals surface area contributed by atoms with E-state index in [9.17, 15) is 13.2 Å². The highest BCUT2D eigenvalue weighted by atomic mass is 32.2.